The number of benzene rings is 1. The molecule has 0 bridgehead atoms. The first-order chi connectivity index (χ1) is 10.3. The van der Waals surface area contributed by atoms with Crippen LogP contribution in [0.25, 0.3) is 4.96 Å². The fraction of sp³-hybridized carbons (Fsp3) is 0.200. The highest BCUT2D eigenvalue weighted by Gasteiger charge is 2.08. The summed E-state index contributed by atoms with van der Waals surface area (Å²) in [7, 11) is 0. The lowest BCUT2D eigenvalue weighted by Gasteiger charge is -2.11. The van der Waals surface area contributed by atoms with E-state index in [0.717, 1.165) is 16.9 Å². The summed E-state index contributed by atoms with van der Waals surface area (Å²) in [5.41, 5.74) is 1.41. The fourth-order valence-corrected chi connectivity index (χ4v) is 2.70. The molecule has 0 unspecified atom stereocenters. The molecule has 5 nitrogen and oxygen atoms in total. The quantitative estimate of drug-likeness (QED) is 0.656. The molecule has 1 aromatic carbocycles. The molecule has 0 atom stereocenters. The normalized spacial score (nSPS) is 10.7. The predicted molar refractivity (Wildman–Crippen MR) is 80.4 cm³/mol. The monoisotopic (exact) mass is 302 g/mol. The second kappa shape index (κ2) is 5.97. The number of hydrogen-bond donors (Lipinski definition) is 0. The van der Waals surface area contributed by atoms with Crippen molar-refractivity contribution in [3.05, 3.63) is 47.2 Å². The van der Waals surface area contributed by atoms with Crippen LogP contribution in [0.15, 0.2) is 36.0 Å². The number of ether oxygens (including phenoxy) is 2. The van der Waals surface area contributed by atoms with Crippen LogP contribution in [0.1, 0.15) is 23.0 Å². The minimum absolute atomic E-state index is 0.356. The van der Waals surface area contributed by atoms with E-state index in [1.807, 2.05) is 29.1 Å². The Labute approximate surface area is 125 Å². The van der Waals surface area contributed by atoms with Gasteiger partial charge in [0, 0.05) is 23.3 Å². The maximum atomic E-state index is 10.8. The van der Waals surface area contributed by atoms with Crippen molar-refractivity contribution in [1.29, 1.82) is 0 Å². The third-order valence-electron chi connectivity index (χ3n) is 2.92. The number of nitrogens with zero attached hydrogens (tertiary/aromatic N) is 2. The number of carbonyl (C=O) groups excluding carboxylic acids is 1. The van der Waals surface area contributed by atoms with Crippen LogP contribution in [-0.4, -0.2) is 22.3 Å². The van der Waals surface area contributed by atoms with Gasteiger partial charge < -0.3 is 9.47 Å². The summed E-state index contributed by atoms with van der Waals surface area (Å²) < 4.78 is 13.2. The Bertz CT molecular complexity index is 735. The Morgan fingerprint density at radius 2 is 2.24 bits per heavy atom. The van der Waals surface area contributed by atoms with Gasteiger partial charge in [-0.3, -0.25) is 9.20 Å². The fourth-order valence-electron chi connectivity index (χ4n) is 1.98. The largest absolute Gasteiger partial charge is 0.490 e. The lowest BCUT2D eigenvalue weighted by atomic mass is 10.2. The van der Waals surface area contributed by atoms with Crippen LogP contribution >= 0.6 is 11.3 Å². The zero-order valence-electron chi connectivity index (χ0n) is 11.5. The van der Waals surface area contributed by atoms with E-state index in [2.05, 4.69) is 4.98 Å². The van der Waals surface area contributed by atoms with Gasteiger partial charge >= 0.3 is 0 Å². The number of aldehydes is 1. The van der Waals surface area contributed by atoms with Gasteiger partial charge in [-0.25, -0.2) is 4.98 Å². The molecule has 0 N–H and O–H groups in total. The van der Waals surface area contributed by atoms with E-state index < -0.39 is 0 Å². The minimum atomic E-state index is 0.356. The van der Waals surface area contributed by atoms with Crippen LogP contribution in [0.4, 0.5) is 0 Å². The van der Waals surface area contributed by atoms with E-state index in [1.165, 1.54) is 0 Å². The van der Waals surface area contributed by atoms with Gasteiger partial charge in [-0.15, -0.1) is 11.3 Å². The molecule has 3 rings (SSSR count). The number of thiazole rings is 1. The highest BCUT2D eigenvalue weighted by Crippen LogP contribution is 2.28. The lowest BCUT2D eigenvalue weighted by molar-refractivity contribution is 0.112. The molecule has 6 heteroatoms. The summed E-state index contributed by atoms with van der Waals surface area (Å²) in [5.74, 6) is 1.18. The van der Waals surface area contributed by atoms with Crippen LogP contribution in [0.2, 0.25) is 0 Å². The Morgan fingerprint density at radius 1 is 1.33 bits per heavy atom. The van der Waals surface area contributed by atoms with Gasteiger partial charge in [0.15, 0.2) is 16.5 Å². The van der Waals surface area contributed by atoms with Gasteiger partial charge in [-0.05, 0) is 25.1 Å². The van der Waals surface area contributed by atoms with Crippen LogP contribution in [0.3, 0.4) is 0 Å². The number of fused-ring (bicyclic) bond motifs is 1. The number of aromatic nitrogens is 2. The molecule has 2 heterocycles. The van der Waals surface area contributed by atoms with Crippen molar-refractivity contribution in [2.75, 3.05) is 6.61 Å². The molecule has 0 fully saturated rings. The Morgan fingerprint density at radius 3 is 3.00 bits per heavy atom. The average molecular weight is 302 g/mol. The van der Waals surface area contributed by atoms with E-state index in [4.69, 9.17) is 9.47 Å². The molecule has 0 amide bonds. The van der Waals surface area contributed by atoms with E-state index in [0.29, 0.717) is 30.3 Å². The van der Waals surface area contributed by atoms with Gasteiger partial charge in [0.25, 0.3) is 0 Å². The van der Waals surface area contributed by atoms with E-state index in [9.17, 15) is 4.79 Å². The first-order valence-electron chi connectivity index (χ1n) is 6.56. The van der Waals surface area contributed by atoms with Crippen molar-refractivity contribution in [2.45, 2.75) is 13.5 Å². The van der Waals surface area contributed by atoms with Crippen molar-refractivity contribution in [3.63, 3.8) is 0 Å². The third kappa shape index (κ3) is 2.90. The standard InChI is InChI=1S/C15H14N2O3S/c1-2-19-14-7-11(9-18)3-4-13(14)20-10-12-8-17-5-6-21-15(17)16-12/h3-9H,2,10H2,1H3. The zero-order valence-corrected chi connectivity index (χ0v) is 12.3. The van der Waals surface area contributed by atoms with Crippen molar-refractivity contribution in [2.24, 2.45) is 0 Å². The number of rotatable bonds is 6. The summed E-state index contributed by atoms with van der Waals surface area (Å²) in [4.78, 5) is 16.2. The number of imidazole rings is 1. The van der Waals surface area contributed by atoms with Gasteiger partial charge in [-0.2, -0.15) is 0 Å². The van der Waals surface area contributed by atoms with Crippen LogP contribution < -0.4 is 9.47 Å². The topological polar surface area (TPSA) is 52.8 Å². The number of hydrogen-bond acceptors (Lipinski definition) is 5. The van der Waals surface area contributed by atoms with Crippen molar-refractivity contribution in [1.82, 2.24) is 9.38 Å². The molecule has 0 spiro atoms. The second-order valence-electron chi connectivity index (χ2n) is 4.37. The second-order valence-corrected chi connectivity index (χ2v) is 5.24. The molecular weight excluding hydrogens is 288 g/mol. The molecule has 0 radical (unpaired) electrons. The summed E-state index contributed by atoms with van der Waals surface area (Å²) in [5, 5.41) is 1.98. The third-order valence-corrected chi connectivity index (χ3v) is 3.69. The first kappa shape index (κ1) is 13.6. The molecule has 0 aliphatic heterocycles. The molecule has 108 valence electrons. The Kier molecular flexibility index (Phi) is 3.87. The Hall–Kier alpha value is -2.34. The van der Waals surface area contributed by atoms with Gasteiger partial charge in [0.2, 0.25) is 0 Å². The summed E-state index contributed by atoms with van der Waals surface area (Å²) in [6, 6.07) is 5.13. The summed E-state index contributed by atoms with van der Waals surface area (Å²) >= 11 is 1.58. The lowest BCUT2D eigenvalue weighted by Crippen LogP contribution is -2.00. The molecular formula is C15H14N2O3S. The SMILES string of the molecule is CCOc1cc(C=O)ccc1OCc1cn2ccsc2n1. The summed E-state index contributed by atoms with van der Waals surface area (Å²) in [6.07, 6.45) is 4.68. The van der Waals surface area contributed by atoms with Gasteiger partial charge in [0.1, 0.15) is 12.9 Å². The highest BCUT2D eigenvalue weighted by atomic mass is 32.1. The van der Waals surface area contributed by atoms with E-state index >= 15 is 0 Å². The number of carbonyl (C=O) groups is 1. The highest BCUT2D eigenvalue weighted by molar-refractivity contribution is 7.15. The van der Waals surface area contributed by atoms with Crippen molar-refractivity contribution in [3.8, 4) is 11.5 Å². The van der Waals surface area contributed by atoms with Gasteiger partial charge in [-0.1, -0.05) is 0 Å². The van der Waals surface area contributed by atoms with Gasteiger partial charge in [0.05, 0.1) is 12.3 Å². The van der Waals surface area contributed by atoms with Crippen LogP contribution in [0, 0.1) is 0 Å². The van der Waals surface area contributed by atoms with Crippen LogP contribution in [-0.2, 0) is 6.61 Å². The maximum absolute atomic E-state index is 10.8. The summed E-state index contributed by atoms with van der Waals surface area (Å²) in [6.45, 7) is 2.76. The molecule has 0 aliphatic carbocycles. The smallest absolute Gasteiger partial charge is 0.193 e. The molecule has 21 heavy (non-hydrogen) atoms. The van der Waals surface area contributed by atoms with Crippen LogP contribution in [0.5, 0.6) is 11.5 Å². The minimum Gasteiger partial charge on any atom is -0.490 e. The van der Waals surface area contributed by atoms with E-state index in [1.54, 1.807) is 29.5 Å². The molecule has 0 saturated carbocycles. The predicted octanol–water partition coefficient (Wildman–Crippen LogP) is 3.19. The molecule has 2 aromatic heterocycles. The van der Waals surface area contributed by atoms with Crippen molar-refractivity contribution >= 4 is 22.6 Å². The zero-order chi connectivity index (χ0) is 14.7. The molecule has 3 aromatic rings. The van der Waals surface area contributed by atoms with Crippen molar-refractivity contribution < 1.29 is 14.3 Å². The average Bonchev–Trinajstić information content (AvgIpc) is 3.07. The maximum Gasteiger partial charge on any atom is 0.193 e. The first-order valence-corrected chi connectivity index (χ1v) is 7.44. The van der Waals surface area contributed by atoms with E-state index in [-0.39, 0.29) is 0 Å². The molecule has 0 aliphatic rings. The Balaban J connectivity index is 1.77. The molecule has 0 saturated heterocycles.